The Morgan fingerprint density at radius 2 is 1.91 bits per heavy atom. The zero-order valence-corrected chi connectivity index (χ0v) is 14.6. The molecule has 3 nitrogen and oxygen atoms in total. The second-order valence-corrected chi connectivity index (χ2v) is 7.02. The summed E-state index contributed by atoms with van der Waals surface area (Å²) in [4.78, 5) is 11.7. The van der Waals surface area contributed by atoms with Gasteiger partial charge in [-0.25, -0.2) is 9.97 Å². The molecule has 3 rings (SSSR count). The molecular weight excluding hydrogens is 302 g/mol. The lowest BCUT2D eigenvalue weighted by Gasteiger charge is -2.08. The van der Waals surface area contributed by atoms with Crippen molar-refractivity contribution in [3.63, 3.8) is 0 Å². The summed E-state index contributed by atoms with van der Waals surface area (Å²) in [5.41, 5.74) is 1.42. The van der Waals surface area contributed by atoms with Crippen LogP contribution in [-0.4, -0.2) is 16.5 Å². The zero-order chi connectivity index (χ0) is 16.1. The molecule has 23 heavy (non-hydrogen) atoms. The maximum atomic E-state index is 4.67. The average molecular weight is 325 g/mol. The quantitative estimate of drug-likeness (QED) is 0.621. The molecule has 0 radical (unpaired) electrons. The summed E-state index contributed by atoms with van der Waals surface area (Å²) in [7, 11) is 0. The molecule has 0 saturated carbocycles. The summed E-state index contributed by atoms with van der Waals surface area (Å²) in [5.74, 6) is 1.92. The molecule has 0 bridgehead atoms. The van der Waals surface area contributed by atoms with E-state index < -0.39 is 0 Å². The van der Waals surface area contributed by atoms with E-state index in [0.717, 1.165) is 47.7 Å². The molecule has 120 valence electrons. The van der Waals surface area contributed by atoms with Crippen LogP contribution in [0, 0.1) is 6.92 Å². The molecule has 3 aromatic rings. The van der Waals surface area contributed by atoms with Gasteiger partial charge in [-0.05, 0) is 37.8 Å². The summed E-state index contributed by atoms with van der Waals surface area (Å²) >= 11 is 1.75. The maximum Gasteiger partial charge on any atom is 0.138 e. The first-order valence-electron chi connectivity index (χ1n) is 8.31. The van der Waals surface area contributed by atoms with E-state index in [4.69, 9.17) is 0 Å². The van der Waals surface area contributed by atoms with E-state index in [1.54, 1.807) is 11.3 Å². The molecule has 0 unspecified atom stereocenters. The Morgan fingerprint density at radius 3 is 2.70 bits per heavy atom. The highest BCUT2D eigenvalue weighted by molar-refractivity contribution is 7.18. The van der Waals surface area contributed by atoms with Crippen LogP contribution in [0.1, 0.15) is 36.0 Å². The molecule has 0 amide bonds. The lowest BCUT2D eigenvalue weighted by Crippen LogP contribution is -2.06. The summed E-state index contributed by atoms with van der Waals surface area (Å²) in [6.45, 7) is 5.18. The van der Waals surface area contributed by atoms with E-state index in [2.05, 4.69) is 65.5 Å². The number of aryl methyl sites for hydroxylation is 3. The van der Waals surface area contributed by atoms with Crippen LogP contribution in [0.2, 0.25) is 0 Å². The number of rotatable bonds is 7. The van der Waals surface area contributed by atoms with Crippen LogP contribution in [-0.2, 0) is 12.8 Å². The Kier molecular flexibility index (Phi) is 5.23. The number of hydrogen-bond acceptors (Lipinski definition) is 4. The number of benzene rings is 1. The third-order valence-corrected chi connectivity index (χ3v) is 4.85. The second-order valence-electron chi connectivity index (χ2n) is 5.79. The summed E-state index contributed by atoms with van der Waals surface area (Å²) in [6, 6.07) is 12.9. The lowest BCUT2D eigenvalue weighted by molar-refractivity contribution is 0.761. The molecule has 0 fully saturated rings. The zero-order valence-electron chi connectivity index (χ0n) is 13.8. The van der Waals surface area contributed by atoms with Crippen molar-refractivity contribution in [3.8, 4) is 0 Å². The highest BCUT2D eigenvalue weighted by Crippen LogP contribution is 2.28. The van der Waals surface area contributed by atoms with Gasteiger partial charge in [0.25, 0.3) is 0 Å². The van der Waals surface area contributed by atoms with Gasteiger partial charge in [0.15, 0.2) is 0 Å². The number of nitrogens with zero attached hydrogens (tertiary/aromatic N) is 2. The molecule has 0 aliphatic heterocycles. The summed E-state index contributed by atoms with van der Waals surface area (Å²) in [6.07, 6.45) is 4.34. The summed E-state index contributed by atoms with van der Waals surface area (Å²) in [5, 5.41) is 4.68. The van der Waals surface area contributed by atoms with Gasteiger partial charge in [-0.15, -0.1) is 11.3 Å². The Morgan fingerprint density at radius 1 is 1.09 bits per heavy atom. The van der Waals surface area contributed by atoms with Crippen molar-refractivity contribution in [1.29, 1.82) is 0 Å². The minimum atomic E-state index is 0.871. The van der Waals surface area contributed by atoms with Gasteiger partial charge < -0.3 is 5.32 Å². The van der Waals surface area contributed by atoms with Crippen LogP contribution in [0.25, 0.3) is 10.2 Å². The third kappa shape index (κ3) is 4.08. The van der Waals surface area contributed by atoms with Crippen molar-refractivity contribution < 1.29 is 0 Å². The van der Waals surface area contributed by atoms with Crippen molar-refractivity contribution >= 4 is 27.4 Å². The Bertz CT molecular complexity index is 765. The largest absolute Gasteiger partial charge is 0.369 e. The van der Waals surface area contributed by atoms with E-state index in [-0.39, 0.29) is 0 Å². The standard InChI is InChI=1S/C19H23N3S/c1-3-17-21-18(16-13-14(2)23-19(16)22-17)20-12-8-7-11-15-9-5-4-6-10-15/h4-6,9-10,13H,3,7-8,11-12H2,1-2H3,(H,20,21,22). The smallest absolute Gasteiger partial charge is 0.138 e. The van der Waals surface area contributed by atoms with Gasteiger partial charge in [-0.3, -0.25) is 0 Å². The number of fused-ring (bicyclic) bond motifs is 1. The van der Waals surface area contributed by atoms with Crippen molar-refractivity contribution in [1.82, 2.24) is 9.97 Å². The first-order chi connectivity index (χ1) is 11.3. The van der Waals surface area contributed by atoms with Crippen LogP contribution >= 0.6 is 11.3 Å². The number of hydrogen-bond donors (Lipinski definition) is 1. The molecule has 2 aromatic heterocycles. The van der Waals surface area contributed by atoms with Crippen LogP contribution in [0.4, 0.5) is 5.82 Å². The van der Waals surface area contributed by atoms with Crippen LogP contribution in [0.5, 0.6) is 0 Å². The molecule has 1 aromatic carbocycles. The first-order valence-corrected chi connectivity index (χ1v) is 9.12. The first kappa shape index (κ1) is 15.9. The number of aromatic nitrogens is 2. The topological polar surface area (TPSA) is 37.8 Å². The van der Waals surface area contributed by atoms with Gasteiger partial charge in [0.05, 0.1) is 5.39 Å². The van der Waals surface area contributed by atoms with Gasteiger partial charge >= 0.3 is 0 Å². The fraction of sp³-hybridized carbons (Fsp3) is 0.368. The second kappa shape index (κ2) is 7.55. The number of thiophene rings is 1. The lowest BCUT2D eigenvalue weighted by atomic mass is 10.1. The van der Waals surface area contributed by atoms with E-state index >= 15 is 0 Å². The van der Waals surface area contributed by atoms with Crippen molar-refractivity contribution in [2.75, 3.05) is 11.9 Å². The Labute approximate surface area is 141 Å². The molecule has 2 heterocycles. The van der Waals surface area contributed by atoms with Gasteiger partial charge in [0.1, 0.15) is 16.5 Å². The van der Waals surface area contributed by atoms with Crippen molar-refractivity contribution in [2.24, 2.45) is 0 Å². The predicted octanol–water partition coefficient (Wildman–Crippen LogP) is 5.00. The van der Waals surface area contributed by atoms with E-state index in [1.807, 2.05) is 0 Å². The third-order valence-electron chi connectivity index (χ3n) is 3.91. The van der Waals surface area contributed by atoms with Gasteiger partial charge in [0, 0.05) is 17.8 Å². The molecule has 0 aliphatic carbocycles. The van der Waals surface area contributed by atoms with Gasteiger partial charge in [-0.1, -0.05) is 37.3 Å². The highest BCUT2D eigenvalue weighted by Gasteiger charge is 2.09. The predicted molar refractivity (Wildman–Crippen MR) is 99.4 cm³/mol. The fourth-order valence-electron chi connectivity index (χ4n) is 2.68. The van der Waals surface area contributed by atoms with E-state index in [0.29, 0.717) is 0 Å². The number of unbranched alkanes of at least 4 members (excludes halogenated alkanes) is 1. The highest BCUT2D eigenvalue weighted by atomic mass is 32.1. The Hall–Kier alpha value is -1.94. The minimum absolute atomic E-state index is 0.871. The normalized spacial score (nSPS) is 11.0. The molecule has 4 heteroatoms. The summed E-state index contributed by atoms with van der Waals surface area (Å²) < 4.78 is 0. The average Bonchev–Trinajstić information content (AvgIpc) is 2.95. The van der Waals surface area contributed by atoms with Crippen LogP contribution < -0.4 is 5.32 Å². The van der Waals surface area contributed by atoms with Gasteiger partial charge in [0.2, 0.25) is 0 Å². The maximum absolute atomic E-state index is 4.67. The molecule has 0 spiro atoms. The fourth-order valence-corrected chi connectivity index (χ4v) is 3.58. The SMILES string of the molecule is CCc1nc(NCCCCc2ccccc2)c2cc(C)sc2n1. The van der Waals surface area contributed by atoms with Crippen molar-refractivity contribution in [2.45, 2.75) is 39.5 Å². The number of nitrogens with one attached hydrogen (secondary N) is 1. The molecule has 0 saturated heterocycles. The van der Waals surface area contributed by atoms with Gasteiger partial charge in [-0.2, -0.15) is 0 Å². The minimum Gasteiger partial charge on any atom is -0.369 e. The molecule has 1 N–H and O–H groups in total. The van der Waals surface area contributed by atoms with Crippen LogP contribution in [0.15, 0.2) is 36.4 Å². The van der Waals surface area contributed by atoms with Crippen molar-refractivity contribution in [3.05, 3.63) is 52.7 Å². The van der Waals surface area contributed by atoms with E-state index in [1.165, 1.54) is 16.9 Å². The molecule has 0 atom stereocenters. The van der Waals surface area contributed by atoms with Crippen LogP contribution in [0.3, 0.4) is 0 Å². The van der Waals surface area contributed by atoms with E-state index in [9.17, 15) is 0 Å². The number of anilines is 1. The molecular formula is C19H23N3S. The molecule has 0 aliphatic rings. The monoisotopic (exact) mass is 325 g/mol. The Balaban J connectivity index is 1.58.